The van der Waals surface area contributed by atoms with Crippen molar-refractivity contribution in [1.29, 1.82) is 0 Å². The first kappa shape index (κ1) is 23.6. The highest BCUT2D eigenvalue weighted by molar-refractivity contribution is 5.86. The van der Waals surface area contributed by atoms with Crippen LogP contribution in [0, 0.1) is 50.2 Å². The van der Waals surface area contributed by atoms with E-state index in [0.29, 0.717) is 23.5 Å². The maximum atomic E-state index is 13.7. The summed E-state index contributed by atoms with van der Waals surface area (Å²) < 4.78 is 0. The summed E-state index contributed by atoms with van der Waals surface area (Å²) in [7, 11) is 0. The van der Waals surface area contributed by atoms with Crippen molar-refractivity contribution in [2.45, 2.75) is 113 Å². The average Bonchev–Trinajstić information content (AvgIpc) is 2.73. The average molecular weight is 455 g/mol. The van der Waals surface area contributed by atoms with Crippen LogP contribution in [0.3, 0.4) is 0 Å². The molecule has 4 saturated carbocycles. The van der Waals surface area contributed by atoms with E-state index in [1.54, 1.807) is 5.57 Å². The van der Waals surface area contributed by atoms with Crippen LogP contribution in [0.5, 0.6) is 0 Å². The Morgan fingerprint density at radius 1 is 0.909 bits per heavy atom. The molecule has 0 bridgehead atoms. The van der Waals surface area contributed by atoms with Gasteiger partial charge in [-0.05, 0) is 104 Å². The Bertz CT molecular complexity index is 931. The smallest absolute Gasteiger partial charge is 0.309 e. The lowest BCUT2D eigenvalue weighted by molar-refractivity contribution is -0.187. The molecule has 0 aromatic heterocycles. The molecule has 5 aliphatic rings. The minimum atomic E-state index is -0.625. The van der Waals surface area contributed by atoms with Crippen molar-refractivity contribution in [3.05, 3.63) is 11.6 Å². The molecule has 184 valence electrons. The predicted molar refractivity (Wildman–Crippen MR) is 132 cm³/mol. The molecule has 0 saturated heterocycles. The largest absolute Gasteiger partial charge is 0.481 e. The maximum absolute atomic E-state index is 13.7. The van der Waals surface area contributed by atoms with Crippen molar-refractivity contribution in [3.63, 3.8) is 0 Å². The van der Waals surface area contributed by atoms with Gasteiger partial charge >= 0.3 is 5.97 Å². The van der Waals surface area contributed by atoms with Crippen LogP contribution in [0.1, 0.15) is 113 Å². The second-order valence-corrected chi connectivity index (χ2v) is 14.8. The number of allylic oxidation sites excluding steroid dienone is 2. The zero-order valence-corrected chi connectivity index (χ0v) is 22.1. The number of ketones is 1. The number of hydrogen-bond acceptors (Lipinski definition) is 2. The van der Waals surface area contributed by atoms with Crippen LogP contribution in [0.2, 0.25) is 0 Å². The molecule has 5 aliphatic carbocycles. The van der Waals surface area contributed by atoms with E-state index in [2.05, 4.69) is 47.6 Å². The highest BCUT2D eigenvalue weighted by Crippen LogP contribution is 2.75. The lowest BCUT2D eigenvalue weighted by Crippen LogP contribution is -2.65. The number of hydrogen-bond donors (Lipinski definition) is 1. The molecule has 0 aromatic rings. The summed E-state index contributed by atoms with van der Waals surface area (Å²) in [6.07, 6.45) is 12.6. The topological polar surface area (TPSA) is 54.4 Å². The fourth-order valence-electron chi connectivity index (χ4n) is 10.3. The number of carbonyl (C=O) groups excluding carboxylic acids is 1. The van der Waals surface area contributed by atoms with E-state index in [0.717, 1.165) is 44.9 Å². The van der Waals surface area contributed by atoms with Crippen LogP contribution in [0.25, 0.3) is 0 Å². The zero-order valence-electron chi connectivity index (χ0n) is 22.1. The molecule has 0 heterocycles. The lowest BCUT2D eigenvalue weighted by atomic mass is 9.33. The van der Waals surface area contributed by atoms with Crippen LogP contribution in [0.4, 0.5) is 0 Å². The molecule has 1 N–H and O–H groups in total. The van der Waals surface area contributed by atoms with Gasteiger partial charge in [0, 0.05) is 11.8 Å². The number of carboxylic acids is 1. The molecule has 4 fully saturated rings. The number of carboxylic acid groups (broad SMARTS) is 1. The fraction of sp³-hybridized carbons (Fsp3) is 0.867. The van der Waals surface area contributed by atoms with Gasteiger partial charge < -0.3 is 5.11 Å². The first-order chi connectivity index (χ1) is 15.1. The molecule has 0 unspecified atom stereocenters. The van der Waals surface area contributed by atoms with Gasteiger partial charge in [-0.1, -0.05) is 53.2 Å². The molecule has 33 heavy (non-hydrogen) atoms. The second kappa shape index (κ2) is 6.76. The Morgan fingerprint density at radius 3 is 2.24 bits per heavy atom. The van der Waals surface area contributed by atoms with E-state index in [-0.39, 0.29) is 27.1 Å². The molecule has 3 nitrogen and oxygen atoms in total. The SMILES string of the molecule is CC1(C)CCC(=O)[C@]2(C)[C@H]3CC=C4[C@@H]5C[C@@](C)(C(=O)O)CC[C@]5(C)CC[C@@]4(C)[C@]3(C)CC[C@@H]12. The molecule has 0 aromatic carbocycles. The van der Waals surface area contributed by atoms with Gasteiger partial charge in [-0.2, -0.15) is 0 Å². The summed E-state index contributed by atoms with van der Waals surface area (Å²) in [5.74, 6) is 1.11. The van der Waals surface area contributed by atoms with Gasteiger partial charge in [0.2, 0.25) is 0 Å². The second-order valence-electron chi connectivity index (χ2n) is 14.8. The Labute approximate surface area is 201 Å². The molecule has 8 atom stereocenters. The summed E-state index contributed by atoms with van der Waals surface area (Å²) in [6.45, 7) is 16.6. The zero-order chi connectivity index (χ0) is 24.2. The first-order valence-corrected chi connectivity index (χ1v) is 13.6. The Kier molecular flexibility index (Phi) is 4.83. The van der Waals surface area contributed by atoms with Gasteiger partial charge in [-0.15, -0.1) is 0 Å². The summed E-state index contributed by atoms with van der Waals surface area (Å²) in [6, 6.07) is 0. The van der Waals surface area contributed by atoms with Crippen LogP contribution in [0.15, 0.2) is 11.6 Å². The normalized spacial score (nSPS) is 53.1. The van der Waals surface area contributed by atoms with E-state index in [1.807, 2.05) is 6.92 Å². The minimum absolute atomic E-state index is 0.0622. The number of fused-ring (bicyclic) bond motifs is 7. The lowest BCUT2D eigenvalue weighted by Gasteiger charge is -2.70. The number of carbonyl (C=O) groups is 2. The van der Waals surface area contributed by atoms with Crippen LogP contribution in [-0.2, 0) is 9.59 Å². The third-order valence-electron chi connectivity index (χ3n) is 13.0. The fourth-order valence-corrected chi connectivity index (χ4v) is 10.3. The standard InChI is InChI=1S/C30H46O3/c1-25(2)12-11-23(31)30(7)21(25)10-13-29(6)22(30)9-8-19-20-18-27(4,24(32)33)15-14-26(20,3)16-17-28(19,29)5/h8,20-22H,9-18H2,1-7H3,(H,32,33)/t20-,21-,22-,26+,27-,28+,29+,30-/m0/s1. The summed E-state index contributed by atoms with van der Waals surface area (Å²) in [5, 5.41) is 10.1. The molecule has 0 aliphatic heterocycles. The Balaban J connectivity index is 1.60. The number of Topliss-reactive ketones (excluding diaryl/α,β-unsaturated/α-hetero) is 1. The van der Waals surface area contributed by atoms with E-state index < -0.39 is 11.4 Å². The van der Waals surface area contributed by atoms with Crippen molar-refractivity contribution in [2.24, 2.45) is 50.2 Å². The van der Waals surface area contributed by atoms with Crippen molar-refractivity contribution >= 4 is 11.8 Å². The van der Waals surface area contributed by atoms with Crippen LogP contribution < -0.4 is 0 Å². The van der Waals surface area contributed by atoms with Crippen molar-refractivity contribution in [2.75, 3.05) is 0 Å². The first-order valence-electron chi connectivity index (χ1n) is 13.6. The number of aliphatic carboxylic acids is 1. The van der Waals surface area contributed by atoms with Gasteiger partial charge in [0.1, 0.15) is 5.78 Å². The summed E-state index contributed by atoms with van der Waals surface area (Å²) in [5.41, 5.74) is 1.32. The predicted octanol–water partition coefficient (Wildman–Crippen LogP) is 7.44. The molecular weight excluding hydrogens is 408 g/mol. The van der Waals surface area contributed by atoms with E-state index in [9.17, 15) is 14.7 Å². The van der Waals surface area contributed by atoms with Gasteiger partial charge in [0.25, 0.3) is 0 Å². The minimum Gasteiger partial charge on any atom is -0.481 e. The van der Waals surface area contributed by atoms with Gasteiger partial charge in [-0.3, -0.25) is 9.59 Å². The third kappa shape index (κ3) is 2.80. The van der Waals surface area contributed by atoms with Crippen LogP contribution in [-0.4, -0.2) is 16.9 Å². The van der Waals surface area contributed by atoms with Gasteiger partial charge in [0.15, 0.2) is 0 Å². The number of rotatable bonds is 1. The summed E-state index contributed by atoms with van der Waals surface area (Å²) >= 11 is 0. The highest BCUT2D eigenvalue weighted by Gasteiger charge is 2.69. The van der Waals surface area contributed by atoms with Crippen molar-refractivity contribution < 1.29 is 14.7 Å². The molecule has 0 radical (unpaired) electrons. The Morgan fingerprint density at radius 2 is 1.58 bits per heavy atom. The van der Waals surface area contributed by atoms with Crippen molar-refractivity contribution in [3.8, 4) is 0 Å². The molecule has 5 rings (SSSR count). The highest BCUT2D eigenvalue weighted by atomic mass is 16.4. The Hall–Kier alpha value is -1.12. The van der Waals surface area contributed by atoms with E-state index >= 15 is 0 Å². The molecule has 0 amide bonds. The van der Waals surface area contributed by atoms with E-state index in [1.165, 1.54) is 19.3 Å². The van der Waals surface area contributed by atoms with Gasteiger partial charge in [0.05, 0.1) is 5.41 Å². The monoisotopic (exact) mass is 454 g/mol. The van der Waals surface area contributed by atoms with E-state index in [4.69, 9.17) is 0 Å². The van der Waals surface area contributed by atoms with Crippen molar-refractivity contribution in [1.82, 2.24) is 0 Å². The maximum Gasteiger partial charge on any atom is 0.309 e. The molecule has 3 heteroatoms. The quantitative estimate of drug-likeness (QED) is 0.419. The van der Waals surface area contributed by atoms with Gasteiger partial charge in [-0.25, -0.2) is 0 Å². The molecular formula is C30H46O3. The summed E-state index contributed by atoms with van der Waals surface area (Å²) in [4.78, 5) is 25.9. The third-order valence-corrected chi connectivity index (χ3v) is 13.0. The molecule has 0 spiro atoms. The van der Waals surface area contributed by atoms with Crippen LogP contribution >= 0.6 is 0 Å².